The second kappa shape index (κ2) is 8.49. The van der Waals surface area contributed by atoms with Crippen LogP contribution in [-0.4, -0.2) is 35.8 Å². The van der Waals surface area contributed by atoms with Gasteiger partial charge in [-0.25, -0.2) is 9.80 Å². The molecule has 1 aliphatic heterocycles. The number of esters is 1. The van der Waals surface area contributed by atoms with E-state index in [9.17, 15) is 9.59 Å². The van der Waals surface area contributed by atoms with Gasteiger partial charge in [-0.3, -0.25) is 4.79 Å². The minimum absolute atomic E-state index is 0.122. The molecule has 0 N–H and O–H groups in total. The summed E-state index contributed by atoms with van der Waals surface area (Å²) in [5.74, 6) is -0.00141. The zero-order valence-corrected chi connectivity index (χ0v) is 15.4. The highest BCUT2D eigenvalue weighted by molar-refractivity contribution is 6.05. The molecule has 1 amide bonds. The van der Waals surface area contributed by atoms with E-state index in [-0.39, 0.29) is 18.6 Å². The van der Waals surface area contributed by atoms with Crippen molar-refractivity contribution in [3.05, 3.63) is 65.7 Å². The molecule has 140 valence electrons. The van der Waals surface area contributed by atoms with Crippen LogP contribution in [0, 0.1) is 0 Å². The van der Waals surface area contributed by atoms with Crippen LogP contribution in [0.3, 0.4) is 0 Å². The first-order chi connectivity index (χ1) is 13.1. The fraction of sp³-hybridized carbons (Fsp3) is 0.286. The molecule has 0 unspecified atom stereocenters. The number of hydrazone groups is 1. The Morgan fingerprint density at radius 1 is 1.11 bits per heavy atom. The second-order valence-corrected chi connectivity index (χ2v) is 6.13. The van der Waals surface area contributed by atoms with E-state index in [2.05, 4.69) is 5.10 Å². The lowest BCUT2D eigenvalue weighted by atomic mass is 9.98. The van der Waals surface area contributed by atoms with Gasteiger partial charge >= 0.3 is 5.97 Å². The van der Waals surface area contributed by atoms with Crippen molar-refractivity contribution < 1.29 is 19.1 Å². The normalized spacial score (nSPS) is 16.0. The summed E-state index contributed by atoms with van der Waals surface area (Å²) in [5, 5.41) is 6.05. The molecule has 3 rings (SSSR count). The van der Waals surface area contributed by atoms with Crippen molar-refractivity contribution in [3.8, 4) is 5.75 Å². The molecule has 0 radical (unpaired) electrons. The number of benzene rings is 2. The Kier molecular flexibility index (Phi) is 5.86. The number of nitrogens with zero attached hydrogens (tertiary/aromatic N) is 2. The van der Waals surface area contributed by atoms with Crippen molar-refractivity contribution in [2.45, 2.75) is 26.3 Å². The molecular formula is C21H22N2O4. The maximum atomic E-state index is 12.1. The molecule has 1 heterocycles. The topological polar surface area (TPSA) is 68.2 Å². The fourth-order valence-corrected chi connectivity index (χ4v) is 3.07. The van der Waals surface area contributed by atoms with Gasteiger partial charge in [0.1, 0.15) is 5.75 Å². The van der Waals surface area contributed by atoms with E-state index in [1.165, 1.54) is 11.9 Å². The predicted molar refractivity (Wildman–Crippen MR) is 101 cm³/mol. The van der Waals surface area contributed by atoms with E-state index in [1.807, 2.05) is 48.5 Å². The second-order valence-electron chi connectivity index (χ2n) is 6.13. The summed E-state index contributed by atoms with van der Waals surface area (Å²) in [4.78, 5) is 23.7. The number of para-hydroxylation sites is 1. The number of hydrogen-bond acceptors (Lipinski definition) is 5. The van der Waals surface area contributed by atoms with E-state index in [1.54, 1.807) is 13.0 Å². The molecule has 27 heavy (non-hydrogen) atoms. The third kappa shape index (κ3) is 4.34. The molecule has 0 bridgehead atoms. The van der Waals surface area contributed by atoms with Crippen LogP contribution >= 0.6 is 0 Å². The SMILES string of the molecule is CCOC(=O)COc1ccccc1C1=NN(C(C)=O)[C@H](c2ccccc2)C1. The molecule has 2 aromatic carbocycles. The van der Waals surface area contributed by atoms with E-state index in [0.717, 1.165) is 16.8 Å². The molecule has 0 aliphatic carbocycles. The van der Waals surface area contributed by atoms with Crippen LogP contribution in [0.1, 0.15) is 37.4 Å². The quantitative estimate of drug-likeness (QED) is 0.736. The van der Waals surface area contributed by atoms with E-state index < -0.39 is 5.97 Å². The maximum Gasteiger partial charge on any atom is 0.344 e. The van der Waals surface area contributed by atoms with Gasteiger partial charge in [-0.05, 0) is 24.6 Å². The van der Waals surface area contributed by atoms with Crippen molar-refractivity contribution in [1.29, 1.82) is 0 Å². The fourth-order valence-electron chi connectivity index (χ4n) is 3.07. The number of amides is 1. The minimum Gasteiger partial charge on any atom is -0.481 e. The van der Waals surface area contributed by atoms with Gasteiger partial charge in [-0.15, -0.1) is 0 Å². The highest BCUT2D eigenvalue weighted by Gasteiger charge is 2.32. The monoisotopic (exact) mass is 366 g/mol. The van der Waals surface area contributed by atoms with Gasteiger partial charge in [0.05, 0.1) is 18.4 Å². The van der Waals surface area contributed by atoms with Crippen molar-refractivity contribution in [2.24, 2.45) is 5.10 Å². The summed E-state index contributed by atoms with van der Waals surface area (Å²) in [6.07, 6.45) is 0.573. The van der Waals surface area contributed by atoms with E-state index >= 15 is 0 Å². The van der Waals surface area contributed by atoms with Gasteiger partial charge in [0.2, 0.25) is 5.91 Å². The van der Waals surface area contributed by atoms with Crippen molar-refractivity contribution >= 4 is 17.6 Å². The summed E-state index contributed by atoms with van der Waals surface area (Å²) in [7, 11) is 0. The smallest absolute Gasteiger partial charge is 0.344 e. The number of hydrogen-bond donors (Lipinski definition) is 0. The zero-order chi connectivity index (χ0) is 19.2. The lowest BCUT2D eigenvalue weighted by Crippen LogP contribution is -2.24. The number of ether oxygens (including phenoxy) is 2. The lowest BCUT2D eigenvalue weighted by molar-refractivity contribution is -0.145. The van der Waals surface area contributed by atoms with Crippen LogP contribution in [0.5, 0.6) is 5.75 Å². The predicted octanol–water partition coefficient (Wildman–Crippen LogP) is 3.33. The Morgan fingerprint density at radius 2 is 1.81 bits per heavy atom. The van der Waals surface area contributed by atoms with Crippen molar-refractivity contribution in [3.63, 3.8) is 0 Å². The van der Waals surface area contributed by atoms with Crippen molar-refractivity contribution in [1.82, 2.24) is 5.01 Å². The molecule has 1 atom stereocenters. The zero-order valence-electron chi connectivity index (χ0n) is 15.4. The largest absolute Gasteiger partial charge is 0.481 e. The molecule has 0 saturated carbocycles. The summed E-state index contributed by atoms with van der Waals surface area (Å²) in [5.41, 5.74) is 2.54. The third-order valence-corrected chi connectivity index (χ3v) is 4.27. The summed E-state index contributed by atoms with van der Waals surface area (Å²) in [6, 6.07) is 17.0. The standard InChI is InChI=1S/C21H22N2O4/c1-3-26-21(25)14-27-20-12-8-7-11-17(20)18-13-19(23(22-18)15(2)24)16-9-5-4-6-10-16/h4-12,19H,3,13-14H2,1-2H3/t19-/m0/s1. The number of rotatable bonds is 6. The Labute approximate surface area is 158 Å². The molecule has 0 spiro atoms. The minimum atomic E-state index is -0.423. The Bertz CT molecular complexity index is 848. The molecule has 0 saturated heterocycles. The first-order valence-electron chi connectivity index (χ1n) is 8.90. The van der Waals surface area contributed by atoms with Crippen LogP contribution in [0.25, 0.3) is 0 Å². The number of carbonyl (C=O) groups is 2. The van der Waals surface area contributed by atoms with Gasteiger partial charge in [0.25, 0.3) is 0 Å². The van der Waals surface area contributed by atoms with Crippen LogP contribution in [-0.2, 0) is 14.3 Å². The first kappa shape index (κ1) is 18.6. The van der Waals surface area contributed by atoms with Gasteiger partial charge < -0.3 is 9.47 Å². The molecule has 6 nitrogen and oxygen atoms in total. The van der Waals surface area contributed by atoms with Crippen LogP contribution in [0.2, 0.25) is 0 Å². The average molecular weight is 366 g/mol. The Morgan fingerprint density at radius 3 is 2.52 bits per heavy atom. The van der Waals surface area contributed by atoms with Crippen LogP contribution < -0.4 is 4.74 Å². The van der Waals surface area contributed by atoms with Crippen LogP contribution in [0.4, 0.5) is 0 Å². The van der Waals surface area contributed by atoms with Gasteiger partial charge in [0, 0.05) is 18.9 Å². The Hall–Kier alpha value is -3.15. The van der Waals surface area contributed by atoms with E-state index in [4.69, 9.17) is 9.47 Å². The highest BCUT2D eigenvalue weighted by atomic mass is 16.6. The Balaban J connectivity index is 1.85. The van der Waals surface area contributed by atoms with Gasteiger partial charge in [-0.1, -0.05) is 42.5 Å². The highest BCUT2D eigenvalue weighted by Crippen LogP contribution is 2.34. The maximum absolute atomic E-state index is 12.1. The lowest BCUT2D eigenvalue weighted by Gasteiger charge is -2.20. The summed E-state index contributed by atoms with van der Waals surface area (Å²) >= 11 is 0. The van der Waals surface area contributed by atoms with Gasteiger partial charge in [-0.2, -0.15) is 5.10 Å². The average Bonchev–Trinajstić information content (AvgIpc) is 3.13. The first-order valence-corrected chi connectivity index (χ1v) is 8.90. The molecule has 0 aromatic heterocycles. The number of carbonyl (C=O) groups excluding carboxylic acids is 2. The third-order valence-electron chi connectivity index (χ3n) is 4.27. The molecule has 0 fully saturated rings. The summed E-state index contributed by atoms with van der Waals surface area (Å²) in [6.45, 7) is 3.39. The van der Waals surface area contributed by atoms with Gasteiger partial charge in [0.15, 0.2) is 6.61 Å². The summed E-state index contributed by atoms with van der Waals surface area (Å²) < 4.78 is 10.5. The van der Waals surface area contributed by atoms with E-state index in [0.29, 0.717) is 18.8 Å². The molecule has 6 heteroatoms. The molecule has 1 aliphatic rings. The van der Waals surface area contributed by atoms with Crippen molar-refractivity contribution in [2.75, 3.05) is 13.2 Å². The van der Waals surface area contributed by atoms with Crippen LogP contribution in [0.15, 0.2) is 59.7 Å². The molecule has 2 aromatic rings. The molecular weight excluding hydrogens is 344 g/mol.